The second-order valence-corrected chi connectivity index (χ2v) is 5.86. The van der Waals surface area contributed by atoms with Gasteiger partial charge in [-0.25, -0.2) is 4.68 Å². The SMILES string of the molecule is O=c1cc(N2CCOCC2)cnn1CCC1CCNCC1. The topological polar surface area (TPSA) is 59.4 Å². The highest BCUT2D eigenvalue weighted by molar-refractivity contribution is 5.43. The number of hydrogen-bond acceptors (Lipinski definition) is 5. The predicted molar refractivity (Wildman–Crippen MR) is 81.7 cm³/mol. The van der Waals surface area contributed by atoms with Gasteiger partial charge in [-0.15, -0.1) is 0 Å². The zero-order valence-electron chi connectivity index (χ0n) is 12.5. The summed E-state index contributed by atoms with van der Waals surface area (Å²) in [6, 6.07) is 1.71. The number of aromatic nitrogens is 2. The molecule has 0 saturated carbocycles. The van der Waals surface area contributed by atoms with E-state index in [1.165, 1.54) is 12.8 Å². The summed E-state index contributed by atoms with van der Waals surface area (Å²) >= 11 is 0. The molecule has 1 aromatic heterocycles. The average Bonchev–Trinajstić information content (AvgIpc) is 2.55. The minimum atomic E-state index is 0.00734. The lowest BCUT2D eigenvalue weighted by molar-refractivity contribution is 0.122. The summed E-state index contributed by atoms with van der Waals surface area (Å²) in [4.78, 5) is 14.3. The van der Waals surface area contributed by atoms with E-state index in [9.17, 15) is 4.79 Å². The van der Waals surface area contributed by atoms with Crippen LogP contribution in [0.1, 0.15) is 19.3 Å². The molecule has 0 unspecified atom stereocenters. The van der Waals surface area contributed by atoms with Crippen LogP contribution in [-0.4, -0.2) is 49.2 Å². The fourth-order valence-electron chi connectivity index (χ4n) is 3.06. The summed E-state index contributed by atoms with van der Waals surface area (Å²) in [6.45, 7) is 6.04. The number of nitrogens with zero attached hydrogens (tertiary/aromatic N) is 3. The Balaban J connectivity index is 1.59. The zero-order valence-corrected chi connectivity index (χ0v) is 12.5. The Morgan fingerprint density at radius 1 is 1.29 bits per heavy atom. The Bertz CT molecular complexity index is 505. The molecule has 2 saturated heterocycles. The number of anilines is 1. The van der Waals surface area contributed by atoms with Crippen LogP contribution in [0.3, 0.4) is 0 Å². The van der Waals surface area contributed by atoms with Crippen LogP contribution in [0.2, 0.25) is 0 Å². The first-order chi connectivity index (χ1) is 10.3. The normalized spacial score (nSPS) is 20.7. The molecule has 2 aliphatic rings. The van der Waals surface area contributed by atoms with E-state index in [1.807, 2.05) is 6.20 Å². The first-order valence-electron chi connectivity index (χ1n) is 7.93. The lowest BCUT2D eigenvalue weighted by Gasteiger charge is -2.28. The minimum Gasteiger partial charge on any atom is -0.378 e. The summed E-state index contributed by atoms with van der Waals surface area (Å²) in [5.74, 6) is 0.721. The number of morpholine rings is 1. The van der Waals surface area contributed by atoms with Gasteiger partial charge in [0.2, 0.25) is 0 Å². The van der Waals surface area contributed by atoms with Gasteiger partial charge in [0, 0.05) is 25.7 Å². The number of hydrogen-bond donors (Lipinski definition) is 1. The van der Waals surface area contributed by atoms with Crippen molar-refractivity contribution in [2.24, 2.45) is 5.92 Å². The van der Waals surface area contributed by atoms with E-state index in [2.05, 4.69) is 15.3 Å². The largest absolute Gasteiger partial charge is 0.378 e. The molecule has 6 heteroatoms. The lowest BCUT2D eigenvalue weighted by atomic mass is 9.95. The molecule has 2 fully saturated rings. The molecule has 0 radical (unpaired) electrons. The molecule has 6 nitrogen and oxygen atoms in total. The smallest absolute Gasteiger partial charge is 0.268 e. The van der Waals surface area contributed by atoms with Crippen LogP contribution in [0, 0.1) is 5.92 Å². The van der Waals surface area contributed by atoms with Gasteiger partial charge in [-0.1, -0.05) is 0 Å². The highest BCUT2D eigenvalue weighted by Crippen LogP contribution is 2.16. The second kappa shape index (κ2) is 7.04. The fraction of sp³-hybridized carbons (Fsp3) is 0.733. The van der Waals surface area contributed by atoms with Crippen LogP contribution in [0.15, 0.2) is 17.1 Å². The van der Waals surface area contributed by atoms with Crippen molar-refractivity contribution >= 4 is 5.69 Å². The molecular weight excluding hydrogens is 268 g/mol. The van der Waals surface area contributed by atoms with Gasteiger partial charge in [0.15, 0.2) is 0 Å². The molecule has 0 aliphatic carbocycles. The monoisotopic (exact) mass is 292 g/mol. The highest BCUT2D eigenvalue weighted by Gasteiger charge is 2.15. The van der Waals surface area contributed by atoms with Crippen LogP contribution >= 0.6 is 0 Å². The fourth-order valence-corrected chi connectivity index (χ4v) is 3.06. The Kier molecular flexibility index (Phi) is 4.87. The first-order valence-corrected chi connectivity index (χ1v) is 7.93. The summed E-state index contributed by atoms with van der Waals surface area (Å²) in [7, 11) is 0. The van der Waals surface area contributed by atoms with Crippen molar-refractivity contribution < 1.29 is 4.74 Å². The van der Waals surface area contributed by atoms with Crippen molar-refractivity contribution in [3.63, 3.8) is 0 Å². The van der Waals surface area contributed by atoms with Crippen molar-refractivity contribution in [2.75, 3.05) is 44.3 Å². The van der Waals surface area contributed by atoms with E-state index in [1.54, 1.807) is 10.7 Å². The molecule has 3 heterocycles. The predicted octanol–water partition coefficient (Wildman–Crippen LogP) is 0.470. The molecule has 0 spiro atoms. The van der Waals surface area contributed by atoms with Gasteiger partial charge < -0.3 is 15.0 Å². The lowest BCUT2D eigenvalue weighted by Crippen LogP contribution is -2.37. The maximum absolute atomic E-state index is 12.2. The first kappa shape index (κ1) is 14.5. The Morgan fingerprint density at radius 2 is 2.05 bits per heavy atom. The van der Waals surface area contributed by atoms with Crippen LogP contribution in [0.4, 0.5) is 5.69 Å². The molecule has 0 amide bonds. The second-order valence-electron chi connectivity index (χ2n) is 5.86. The Labute approximate surface area is 125 Å². The number of piperidine rings is 1. The van der Waals surface area contributed by atoms with E-state index in [4.69, 9.17) is 4.74 Å². The average molecular weight is 292 g/mol. The number of nitrogens with one attached hydrogen (secondary N) is 1. The van der Waals surface area contributed by atoms with Gasteiger partial charge in [0.25, 0.3) is 5.56 Å². The van der Waals surface area contributed by atoms with Gasteiger partial charge >= 0.3 is 0 Å². The van der Waals surface area contributed by atoms with Gasteiger partial charge in [-0.05, 0) is 38.3 Å². The van der Waals surface area contributed by atoms with Gasteiger partial charge in [-0.2, -0.15) is 5.10 Å². The summed E-state index contributed by atoms with van der Waals surface area (Å²) in [5.41, 5.74) is 0.925. The molecular formula is C15H24N4O2. The van der Waals surface area contributed by atoms with Crippen LogP contribution in [0.25, 0.3) is 0 Å². The van der Waals surface area contributed by atoms with Crippen molar-refractivity contribution in [1.29, 1.82) is 0 Å². The summed E-state index contributed by atoms with van der Waals surface area (Å²) < 4.78 is 6.93. The molecule has 2 aliphatic heterocycles. The Hall–Kier alpha value is -1.40. The third-order valence-corrected chi connectivity index (χ3v) is 4.44. The molecule has 0 atom stereocenters. The molecule has 116 valence electrons. The molecule has 3 rings (SSSR count). The van der Waals surface area contributed by atoms with Gasteiger partial charge in [0.1, 0.15) is 0 Å². The van der Waals surface area contributed by atoms with E-state index in [0.717, 1.165) is 64.0 Å². The van der Waals surface area contributed by atoms with Crippen LogP contribution in [0.5, 0.6) is 0 Å². The van der Waals surface area contributed by atoms with Gasteiger partial charge in [0.05, 0.1) is 25.1 Å². The molecule has 0 bridgehead atoms. The van der Waals surface area contributed by atoms with Crippen molar-refractivity contribution in [3.8, 4) is 0 Å². The van der Waals surface area contributed by atoms with E-state index in [0.29, 0.717) is 0 Å². The van der Waals surface area contributed by atoms with Crippen molar-refractivity contribution in [2.45, 2.75) is 25.8 Å². The molecule has 1 aromatic rings. The highest BCUT2D eigenvalue weighted by atomic mass is 16.5. The third kappa shape index (κ3) is 3.83. The molecule has 0 aromatic carbocycles. The quantitative estimate of drug-likeness (QED) is 0.874. The van der Waals surface area contributed by atoms with Crippen LogP contribution < -0.4 is 15.8 Å². The van der Waals surface area contributed by atoms with Crippen LogP contribution in [-0.2, 0) is 11.3 Å². The van der Waals surface area contributed by atoms with E-state index < -0.39 is 0 Å². The number of ether oxygens (including phenoxy) is 1. The Morgan fingerprint density at radius 3 is 2.76 bits per heavy atom. The summed E-state index contributed by atoms with van der Waals surface area (Å²) in [5, 5.41) is 7.71. The molecule has 1 N–H and O–H groups in total. The standard InChI is InChI=1S/C15H24N4O2/c20-15-11-14(18-7-9-21-10-8-18)12-17-19(15)6-3-13-1-4-16-5-2-13/h11-13,16H,1-10H2. The zero-order chi connectivity index (χ0) is 14.5. The number of aryl methyl sites for hydroxylation is 1. The number of rotatable bonds is 4. The minimum absolute atomic E-state index is 0.00734. The van der Waals surface area contributed by atoms with Crippen molar-refractivity contribution in [1.82, 2.24) is 15.1 Å². The molecule has 21 heavy (non-hydrogen) atoms. The van der Waals surface area contributed by atoms with Gasteiger partial charge in [-0.3, -0.25) is 4.79 Å². The summed E-state index contributed by atoms with van der Waals surface area (Å²) in [6.07, 6.45) is 5.28. The maximum atomic E-state index is 12.2. The van der Waals surface area contributed by atoms with E-state index >= 15 is 0 Å². The van der Waals surface area contributed by atoms with E-state index in [-0.39, 0.29) is 5.56 Å². The van der Waals surface area contributed by atoms with Crippen molar-refractivity contribution in [3.05, 3.63) is 22.6 Å². The third-order valence-electron chi connectivity index (χ3n) is 4.44. The maximum Gasteiger partial charge on any atom is 0.268 e.